The molecule has 0 atom stereocenters. The van der Waals surface area contributed by atoms with Crippen molar-refractivity contribution in [2.24, 2.45) is 0 Å². The Labute approximate surface area is 176 Å². The molecule has 0 aromatic heterocycles. The Morgan fingerprint density at radius 1 is 0.833 bits per heavy atom. The fourth-order valence-electron chi connectivity index (χ4n) is 3.28. The Morgan fingerprint density at radius 3 is 2.13 bits per heavy atom. The zero-order valence-corrected chi connectivity index (χ0v) is 17.0. The first-order chi connectivity index (χ1) is 14.6. The molecule has 10 heteroatoms. The van der Waals surface area contributed by atoms with Crippen LogP contribution in [0.4, 0.5) is 14.4 Å². The number of urea groups is 2. The van der Waals surface area contributed by atoms with Crippen LogP contribution >= 0.6 is 0 Å². The van der Waals surface area contributed by atoms with E-state index < -0.39 is 6.09 Å². The van der Waals surface area contributed by atoms with Crippen LogP contribution in [0.1, 0.15) is 5.56 Å². The highest BCUT2D eigenvalue weighted by molar-refractivity contribution is 5.77. The van der Waals surface area contributed by atoms with Crippen LogP contribution in [0.25, 0.3) is 0 Å². The molecule has 164 valence electrons. The molecule has 2 saturated heterocycles. The topological polar surface area (TPSA) is 103 Å². The molecule has 30 heavy (non-hydrogen) atoms. The number of ether oxygens (including phenoxy) is 2. The van der Waals surface area contributed by atoms with E-state index in [0.29, 0.717) is 59.0 Å². The molecule has 1 aromatic rings. The standard InChI is InChI=1S/C20H29N5O5/c26-18(21-6-7-22-19(27)30-16-17-4-2-1-3-5-17)23-8-10-24(11-9-23)20(28)25-12-14-29-15-13-25/h1-5H,6-16H2,(H,21,26)(H,22,27). The van der Waals surface area contributed by atoms with Crippen molar-refractivity contribution in [2.75, 3.05) is 65.6 Å². The fraction of sp³-hybridized carbons (Fsp3) is 0.550. The molecule has 0 aliphatic carbocycles. The van der Waals surface area contributed by atoms with Crippen molar-refractivity contribution < 1.29 is 23.9 Å². The largest absolute Gasteiger partial charge is 0.445 e. The number of benzene rings is 1. The number of hydrogen-bond donors (Lipinski definition) is 2. The van der Waals surface area contributed by atoms with E-state index in [1.807, 2.05) is 30.3 Å². The summed E-state index contributed by atoms with van der Waals surface area (Å²) in [6.07, 6.45) is -0.525. The lowest BCUT2D eigenvalue weighted by Gasteiger charge is -2.38. The number of nitrogens with zero attached hydrogens (tertiary/aromatic N) is 3. The highest BCUT2D eigenvalue weighted by atomic mass is 16.5. The molecule has 2 aliphatic rings. The van der Waals surface area contributed by atoms with E-state index in [1.165, 1.54) is 0 Å². The van der Waals surface area contributed by atoms with Crippen molar-refractivity contribution in [1.29, 1.82) is 0 Å². The molecule has 2 heterocycles. The van der Waals surface area contributed by atoms with Crippen LogP contribution in [0.5, 0.6) is 0 Å². The van der Waals surface area contributed by atoms with Gasteiger partial charge in [0.1, 0.15) is 6.61 Å². The second-order valence-corrected chi connectivity index (χ2v) is 7.08. The minimum Gasteiger partial charge on any atom is -0.445 e. The molecule has 2 N–H and O–H groups in total. The third-order valence-electron chi connectivity index (χ3n) is 5.00. The lowest BCUT2D eigenvalue weighted by atomic mass is 10.2. The lowest BCUT2D eigenvalue weighted by Crippen LogP contribution is -2.57. The summed E-state index contributed by atoms with van der Waals surface area (Å²) in [6, 6.07) is 9.22. The van der Waals surface area contributed by atoms with E-state index in [-0.39, 0.29) is 25.2 Å². The molecule has 0 bridgehead atoms. The maximum atomic E-state index is 12.5. The van der Waals surface area contributed by atoms with Gasteiger partial charge >= 0.3 is 18.2 Å². The fourth-order valence-corrected chi connectivity index (χ4v) is 3.28. The number of carbonyl (C=O) groups excluding carboxylic acids is 3. The van der Waals surface area contributed by atoms with Crippen LogP contribution in [-0.2, 0) is 16.1 Å². The van der Waals surface area contributed by atoms with Gasteiger partial charge in [-0.05, 0) is 5.56 Å². The van der Waals surface area contributed by atoms with Gasteiger partial charge in [0.05, 0.1) is 13.2 Å². The van der Waals surface area contributed by atoms with E-state index in [4.69, 9.17) is 9.47 Å². The minimum absolute atomic E-state index is 0.0107. The number of alkyl carbamates (subject to hydrolysis) is 1. The molecule has 10 nitrogen and oxygen atoms in total. The number of hydrogen-bond acceptors (Lipinski definition) is 5. The van der Waals surface area contributed by atoms with Crippen LogP contribution in [0, 0.1) is 0 Å². The van der Waals surface area contributed by atoms with Gasteiger partial charge in [0.2, 0.25) is 0 Å². The number of carbonyl (C=O) groups is 3. The average molecular weight is 419 g/mol. The number of piperazine rings is 1. The second-order valence-electron chi connectivity index (χ2n) is 7.08. The van der Waals surface area contributed by atoms with Gasteiger partial charge in [-0.15, -0.1) is 0 Å². The third kappa shape index (κ3) is 6.51. The van der Waals surface area contributed by atoms with Gasteiger partial charge in [0.15, 0.2) is 0 Å². The highest BCUT2D eigenvalue weighted by Gasteiger charge is 2.27. The van der Waals surface area contributed by atoms with Crippen molar-refractivity contribution in [1.82, 2.24) is 25.3 Å². The molecule has 1 aromatic carbocycles. The van der Waals surface area contributed by atoms with Crippen molar-refractivity contribution in [3.05, 3.63) is 35.9 Å². The van der Waals surface area contributed by atoms with E-state index in [1.54, 1.807) is 14.7 Å². The lowest BCUT2D eigenvalue weighted by molar-refractivity contribution is 0.0392. The number of morpholine rings is 1. The molecule has 2 fully saturated rings. The molecule has 3 rings (SSSR count). The third-order valence-corrected chi connectivity index (χ3v) is 5.00. The molecular formula is C20H29N5O5. The Bertz CT molecular complexity index is 703. The zero-order valence-electron chi connectivity index (χ0n) is 17.0. The summed E-state index contributed by atoms with van der Waals surface area (Å²) in [6.45, 7) is 5.11. The van der Waals surface area contributed by atoms with Crippen LogP contribution in [0.15, 0.2) is 30.3 Å². The van der Waals surface area contributed by atoms with Gasteiger partial charge in [0, 0.05) is 52.4 Å². The predicted octanol–water partition coefficient (Wildman–Crippen LogP) is 0.692. The van der Waals surface area contributed by atoms with Crippen LogP contribution in [0.3, 0.4) is 0 Å². The quantitative estimate of drug-likeness (QED) is 0.684. The van der Waals surface area contributed by atoms with E-state index in [0.717, 1.165) is 5.56 Å². The van der Waals surface area contributed by atoms with Crippen molar-refractivity contribution in [3.63, 3.8) is 0 Å². The maximum absolute atomic E-state index is 12.5. The Hall–Kier alpha value is -3.01. The molecular weight excluding hydrogens is 390 g/mol. The van der Waals surface area contributed by atoms with E-state index in [2.05, 4.69) is 10.6 Å². The normalized spacial score (nSPS) is 16.7. The summed E-state index contributed by atoms with van der Waals surface area (Å²) < 4.78 is 10.4. The van der Waals surface area contributed by atoms with Gasteiger partial charge in [-0.1, -0.05) is 30.3 Å². The van der Waals surface area contributed by atoms with Gasteiger partial charge in [-0.25, -0.2) is 14.4 Å². The smallest absolute Gasteiger partial charge is 0.407 e. The molecule has 0 saturated carbocycles. The molecule has 0 spiro atoms. The molecule has 2 aliphatic heterocycles. The van der Waals surface area contributed by atoms with Gasteiger partial charge in [-0.3, -0.25) is 0 Å². The highest BCUT2D eigenvalue weighted by Crippen LogP contribution is 2.08. The predicted molar refractivity (Wildman–Crippen MR) is 109 cm³/mol. The number of amides is 5. The summed E-state index contributed by atoms with van der Waals surface area (Å²) >= 11 is 0. The minimum atomic E-state index is -0.525. The zero-order chi connectivity index (χ0) is 21.2. The van der Waals surface area contributed by atoms with Gasteiger partial charge < -0.3 is 34.8 Å². The monoisotopic (exact) mass is 419 g/mol. The summed E-state index contributed by atoms with van der Waals surface area (Å²) in [4.78, 5) is 41.7. The maximum Gasteiger partial charge on any atom is 0.407 e. The van der Waals surface area contributed by atoms with Gasteiger partial charge in [0.25, 0.3) is 0 Å². The molecule has 0 radical (unpaired) electrons. The Morgan fingerprint density at radius 2 is 1.43 bits per heavy atom. The van der Waals surface area contributed by atoms with Crippen molar-refractivity contribution in [3.8, 4) is 0 Å². The van der Waals surface area contributed by atoms with E-state index >= 15 is 0 Å². The van der Waals surface area contributed by atoms with Gasteiger partial charge in [-0.2, -0.15) is 0 Å². The van der Waals surface area contributed by atoms with Crippen molar-refractivity contribution >= 4 is 18.2 Å². The summed E-state index contributed by atoms with van der Waals surface area (Å²) in [5.41, 5.74) is 0.909. The average Bonchev–Trinajstić information content (AvgIpc) is 2.81. The Balaban J connectivity index is 1.26. The first kappa shape index (κ1) is 21.7. The summed E-state index contributed by atoms with van der Waals surface area (Å²) in [5, 5.41) is 5.38. The first-order valence-electron chi connectivity index (χ1n) is 10.2. The number of nitrogens with one attached hydrogen (secondary N) is 2. The number of rotatable bonds is 5. The summed E-state index contributed by atoms with van der Waals surface area (Å²) in [5.74, 6) is 0. The van der Waals surface area contributed by atoms with Crippen LogP contribution in [-0.4, -0.2) is 98.4 Å². The van der Waals surface area contributed by atoms with Crippen LogP contribution < -0.4 is 10.6 Å². The molecule has 5 amide bonds. The SMILES string of the molecule is O=C(NCCNC(=O)N1CCN(C(=O)N2CCOCC2)CC1)OCc1ccccc1. The molecule has 0 unspecified atom stereocenters. The van der Waals surface area contributed by atoms with Crippen molar-refractivity contribution in [2.45, 2.75) is 6.61 Å². The van der Waals surface area contributed by atoms with E-state index in [9.17, 15) is 14.4 Å². The Kier molecular flexibility index (Phi) is 8.13. The summed E-state index contributed by atoms with van der Waals surface area (Å²) in [7, 11) is 0. The van der Waals surface area contributed by atoms with Crippen LogP contribution in [0.2, 0.25) is 0 Å². The second kappa shape index (κ2) is 11.2. The first-order valence-corrected chi connectivity index (χ1v) is 10.2.